The van der Waals surface area contributed by atoms with Crippen molar-refractivity contribution in [1.29, 1.82) is 0 Å². The third-order valence-electron chi connectivity index (χ3n) is 16.3. The molecule has 4 aliphatic heterocycles. The van der Waals surface area contributed by atoms with Crippen molar-refractivity contribution in [3.8, 4) is 5.75 Å². The average molecular weight is 945 g/mol. The Labute approximate surface area is 404 Å². The van der Waals surface area contributed by atoms with Gasteiger partial charge in [-0.3, -0.25) is 29.0 Å². The van der Waals surface area contributed by atoms with Gasteiger partial charge in [0.1, 0.15) is 11.9 Å². The van der Waals surface area contributed by atoms with Crippen molar-refractivity contribution in [3.05, 3.63) is 149 Å². The number of alkyl halides is 2. The van der Waals surface area contributed by atoms with Gasteiger partial charge in [0.05, 0.1) is 42.4 Å². The molecule has 0 aromatic heterocycles. The van der Waals surface area contributed by atoms with E-state index in [4.69, 9.17) is 4.74 Å². The second-order valence-corrected chi connectivity index (χ2v) is 19.8. The zero-order valence-electron chi connectivity index (χ0n) is 39.0. The number of nitrogens with zero attached hydrogens (tertiary/aromatic N) is 4. The van der Waals surface area contributed by atoms with Gasteiger partial charge in [0.2, 0.25) is 23.2 Å². The first-order chi connectivity index (χ1) is 33.9. The number of aliphatic hydroxyl groups is 1. The number of halogens is 2. The van der Waals surface area contributed by atoms with Crippen molar-refractivity contribution >= 4 is 56.5 Å². The standard InChI is InChI=1S/C56H54F2N6O6/c1-59-45(65)30-55(57)41-16-3-5-18-43(41)63(53(55)68)34-20-24-61(25-21-34)49-40-29-36(28-33-12-9-14-38(48(33)40)51(49)67)70-52-39-15-8-11-32-10-7-13-37(47(32)39)50(52)62-26-22-35(23-27-62)64-44-19-6-4-17-42(44)56(58,54(64)69)31-46(66)60-2/h3-19,28-29,34-35,49-52,67H,20-27,30-31H2,1-2H3,(H,59,65)(H,60,66). The molecule has 6 aromatic rings. The van der Waals surface area contributed by atoms with Crippen molar-refractivity contribution in [2.24, 2.45) is 0 Å². The SMILES string of the molecule is CNC(=O)CC1(F)C(=O)N(C2CCN(C3c4cc(OC5c6cccc7cccc(c67)C5N5CCC(N6C(=O)C(F)(CC(=O)NC)c7ccccc76)CC5)cc5cccc(c45)C3O)CC2)c2ccccc21. The van der Waals surface area contributed by atoms with Crippen LogP contribution < -0.4 is 25.2 Å². The lowest BCUT2D eigenvalue weighted by Gasteiger charge is -2.42. The largest absolute Gasteiger partial charge is 0.484 e. The first-order valence-corrected chi connectivity index (χ1v) is 24.5. The number of amides is 4. The number of hydrogen-bond donors (Lipinski definition) is 3. The molecule has 358 valence electrons. The number of likely N-dealkylation sites (tertiary alicyclic amines) is 2. The summed E-state index contributed by atoms with van der Waals surface area (Å²) in [6.45, 7) is 2.32. The number of carbonyl (C=O) groups excluding carboxylic acids is 4. The van der Waals surface area contributed by atoms with Crippen molar-refractivity contribution in [1.82, 2.24) is 20.4 Å². The smallest absolute Gasteiger partial charge is 0.270 e. The first kappa shape index (κ1) is 44.5. The lowest BCUT2D eigenvalue weighted by molar-refractivity contribution is -0.136. The van der Waals surface area contributed by atoms with Gasteiger partial charge in [-0.05, 0) is 88.2 Å². The van der Waals surface area contributed by atoms with Gasteiger partial charge in [-0.1, -0.05) is 91.0 Å². The molecule has 2 fully saturated rings. The number of fused-ring (bicyclic) bond motifs is 2. The molecule has 6 aliphatic rings. The molecule has 0 spiro atoms. The first-order valence-electron chi connectivity index (χ1n) is 24.5. The zero-order valence-corrected chi connectivity index (χ0v) is 39.0. The van der Waals surface area contributed by atoms with E-state index in [0.29, 0.717) is 69.0 Å². The minimum absolute atomic E-state index is 0.175. The fourth-order valence-corrected chi connectivity index (χ4v) is 13.0. The number of rotatable bonds is 10. The fraction of sp³-hybridized carbons (Fsp3) is 0.357. The van der Waals surface area contributed by atoms with E-state index in [1.807, 2.05) is 12.1 Å². The van der Waals surface area contributed by atoms with Crippen LogP contribution in [0.1, 0.15) is 96.2 Å². The van der Waals surface area contributed by atoms with E-state index in [0.717, 1.165) is 43.8 Å². The molecule has 6 aromatic carbocycles. The highest BCUT2D eigenvalue weighted by molar-refractivity contribution is 6.10. The molecule has 4 amide bonds. The highest BCUT2D eigenvalue weighted by Gasteiger charge is 2.57. The van der Waals surface area contributed by atoms with Crippen LogP contribution >= 0.6 is 0 Å². The van der Waals surface area contributed by atoms with E-state index in [1.165, 1.54) is 14.1 Å². The topological polar surface area (TPSA) is 135 Å². The minimum Gasteiger partial charge on any atom is -0.484 e. The van der Waals surface area contributed by atoms with Crippen molar-refractivity contribution in [3.63, 3.8) is 0 Å². The van der Waals surface area contributed by atoms with Crippen LogP contribution in [0.3, 0.4) is 0 Å². The maximum atomic E-state index is 16.8. The molecule has 0 bridgehead atoms. The molecule has 6 atom stereocenters. The number of ether oxygens (including phenoxy) is 1. The van der Waals surface area contributed by atoms with Crippen LogP contribution in [0.2, 0.25) is 0 Å². The second-order valence-electron chi connectivity index (χ2n) is 19.8. The molecule has 2 aliphatic carbocycles. The Morgan fingerprint density at radius 3 is 1.61 bits per heavy atom. The third kappa shape index (κ3) is 6.62. The Kier molecular flexibility index (Phi) is 10.6. The molecule has 70 heavy (non-hydrogen) atoms. The summed E-state index contributed by atoms with van der Waals surface area (Å²) in [5.41, 5.74) is 0.630. The maximum absolute atomic E-state index is 16.8. The van der Waals surface area contributed by atoms with Crippen LogP contribution in [0.4, 0.5) is 20.2 Å². The van der Waals surface area contributed by atoms with E-state index in [2.05, 4.69) is 75.0 Å². The summed E-state index contributed by atoms with van der Waals surface area (Å²) in [5.74, 6) is -1.81. The molecule has 0 radical (unpaired) electrons. The lowest BCUT2D eigenvalue weighted by atomic mass is 9.93. The quantitative estimate of drug-likeness (QED) is 0.126. The van der Waals surface area contributed by atoms with Crippen LogP contribution in [0.25, 0.3) is 21.5 Å². The van der Waals surface area contributed by atoms with Crippen molar-refractivity contribution < 1.29 is 37.8 Å². The molecular weight excluding hydrogens is 891 g/mol. The summed E-state index contributed by atoms with van der Waals surface area (Å²) in [6, 6.07) is 35.5. The summed E-state index contributed by atoms with van der Waals surface area (Å²) >= 11 is 0. The van der Waals surface area contributed by atoms with E-state index in [-0.39, 0.29) is 29.3 Å². The van der Waals surface area contributed by atoms with E-state index in [1.54, 1.807) is 58.3 Å². The molecule has 4 heterocycles. The summed E-state index contributed by atoms with van der Waals surface area (Å²) in [7, 11) is 2.88. The monoisotopic (exact) mass is 944 g/mol. The van der Waals surface area contributed by atoms with Gasteiger partial charge >= 0.3 is 0 Å². The van der Waals surface area contributed by atoms with Crippen molar-refractivity contribution in [2.45, 2.75) is 86.2 Å². The second kappa shape index (κ2) is 16.7. The number of nitrogens with one attached hydrogen (secondary N) is 2. The molecule has 12 nitrogen and oxygen atoms in total. The predicted molar refractivity (Wildman–Crippen MR) is 262 cm³/mol. The van der Waals surface area contributed by atoms with Crippen LogP contribution in [-0.2, 0) is 30.5 Å². The molecule has 12 rings (SSSR count). The molecule has 0 saturated carbocycles. The Morgan fingerprint density at radius 1 is 0.600 bits per heavy atom. The van der Waals surface area contributed by atoms with Gasteiger partial charge in [0, 0.05) is 69.0 Å². The third-order valence-corrected chi connectivity index (χ3v) is 16.3. The fourth-order valence-electron chi connectivity index (χ4n) is 13.0. The highest BCUT2D eigenvalue weighted by Crippen LogP contribution is 2.55. The van der Waals surface area contributed by atoms with Gasteiger partial charge in [-0.25, -0.2) is 8.78 Å². The number of hydrogen-bond acceptors (Lipinski definition) is 8. The van der Waals surface area contributed by atoms with Gasteiger partial charge in [0.15, 0.2) is 0 Å². The zero-order chi connectivity index (χ0) is 48.2. The van der Waals surface area contributed by atoms with Crippen LogP contribution in [0.5, 0.6) is 5.75 Å². The molecule has 6 unspecified atom stereocenters. The molecule has 14 heteroatoms. The molecule has 2 saturated heterocycles. The van der Waals surface area contributed by atoms with Crippen LogP contribution in [0.15, 0.2) is 115 Å². The molecular formula is C56H54F2N6O6. The van der Waals surface area contributed by atoms with Crippen LogP contribution in [-0.4, -0.2) is 90.9 Å². The normalized spacial score (nSPS) is 26.6. The Balaban J connectivity index is 0.817. The number of anilines is 2. The number of aliphatic hydroxyl groups excluding tert-OH is 1. The van der Waals surface area contributed by atoms with Crippen molar-refractivity contribution in [2.75, 3.05) is 50.1 Å². The van der Waals surface area contributed by atoms with Gasteiger partial charge in [0.25, 0.3) is 11.8 Å². The Hall–Kier alpha value is -6.74. The summed E-state index contributed by atoms with van der Waals surface area (Å²) < 4.78 is 40.8. The highest BCUT2D eigenvalue weighted by atomic mass is 19.1. The summed E-state index contributed by atoms with van der Waals surface area (Å²) in [6.07, 6.45) is -0.112. The number of piperidine rings is 2. The minimum atomic E-state index is -2.45. The molecule has 3 N–H and O–H groups in total. The maximum Gasteiger partial charge on any atom is 0.270 e. The lowest BCUT2D eigenvalue weighted by Crippen LogP contribution is -2.50. The van der Waals surface area contributed by atoms with E-state index >= 15 is 8.78 Å². The number of carbonyl (C=O) groups is 4. The predicted octanol–water partition coefficient (Wildman–Crippen LogP) is 7.88. The Bertz CT molecular complexity index is 3150. The summed E-state index contributed by atoms with van der Waals surface area (Å²) in [5, 5.41) is 21.3. The van der Waals surface area contributed by atoms with Gasteiger partial charge < -0.3 is 30.3 Å². The van der Waals surface area contributed by atoms with Gasteiger partial charge in [-0.2, -0.15) is 0 Å². The van der Waals surface area contributed by atoms with Crippen LogP contribution in [0, 0.1) is 0 Å². The number of para-hydroxylation sites is 2. The Morgan fingerprint density at radius 2 is 1.07 bits per heavy atom. The average Bonchev–Trinajstić information content (AvgIpc) is 4.00. The van der Waals surface area contributed by atoms with E-state index in [9.17, 15) is 24.3 Å². The van der Waals surface area contributed by atoms with E-state index < -0.39 is 66.1 Å². The van der Waals surface area contributed by atoms with Gasteiger partial charge in [-0.15, -0.1) is 0 Å². The number of benzene rings is 6. The summed E-state index contributed by atoms with van der Waals surface area (Å²) in [4.78, 5) is 60.9.